The van der Waals surface area contributed by atoms with Gasteiger partial charge in [-0.25, -0.2) is 0 Å². The van der Waals surface area contributed by atoms with Crippen molar-refractivity contribution in [1.29, 1.82) is 0 Å². The zero-order valence-corrected chi connectivity index (χ0v) is 17.0. The number of hydrogen-bond acceptors (Lipinski definition) is 7. The topological polar surface area (TPSA) is 104 Å². The van der Waals surface area contributed by atoms with Crippen LogP contribution in [0.1, 0.15) is 11.4 Å². The molecular formula is C18H17N3O5S2. The highest BCUT2D eigenvalue weighted by molar-refractivity contribution is 7.99. The van der Waals surface area contributed by atoms with E-state index >= 15 is 0 Å². The van der Waals surface area contributed by atoms with E-state index in [2.05, 4.69) is 5.10 Å². The molecule has 0 aliphatic rings. The number of aryl methyl sites for hydroxylation is 1. The first-order valence-electron chi connectivity index (χ1n) is 8.13. The van der Waals surface area contributed by atoms with Gasteiger partial charge in [-0.15, -0.1) is 0 Å². The smallest absolute Gasteiger partial charge is 0.283 e. The van der Waals surface area contributed by atoms with Gasteiger partial charge in [0, 0.05) is 6.07 Å². The lowest BCUT2D eigenvalue weighted by Crippen LogP contribution is -2.16. The Balaban J connectivity index is 2.03. The van der Waals surface area contributed by atoms with E-state index in [4.69, 9.17) is 4.74 Å². The van der Waals surface area contributed by atoms with Crippen molar-refractivity contribution in [2.24, 2.45) is 0 Å². The van der Waals surface area contributed by atoms with Crippen molar-refractivity contribution < 1.29 is 18.1 Å². The van der Waals surface area contributed by atoms with Crippen LogP contribution in [0.3, 0.4) is 0 Å². The van der Waals surface area contributed by atoms with Gasteiger partial charge in [0.05, 0.1) is 38.1 Å². The third kappa shape index (κ3) is 3.60. The number of methoxy groups -OCH3 is 1. The minimum Gasteiger partial charge on any atom is -0.497 e. The molecule has 0 saturated heterocycles. The molecule has 3 aromatic rings. The second-order valence-corrected chi connectivity index (χ2v) is 8.67. The monoisotopic (exact) mass is 419 g/mol. The predicted octanol–water partition coefficient (Wildman–Crippen LogP) is 3.80. The van der Waals surface area contributed by atoms with Crippen LogP contribution in [0.2, 0.25) is 0 Å². The van der Waals surface area contributed by atoms with Crippen LogP contribution < -0.4 is 4.74 Å². The van der Waals surface area contributed by atoms with Crippen LogP contribution in [-0.2, 0) is 10.0 Å². The second-order valence-electron chi connectivity index (χ2n) is 5.85. The first-order chi connectivity index (χ1) is 13.3. The molecule has 10 heteroatoms. The molecule has 0 atom stereocenters. The second kappa shape index (κ2) is 7.64. The maximum atomic E-state index is 13.0. The quantitative estimate of drug-likeness (QED) is 0.442. The number of aromatic nitrogens is 2. The average Bonchev–Trinajstić information content (AvgIpc) is 2.97. The highest BCUT2D eigenvalue weighted by Gasteiger charge is 2.25. The van der Waals surface area contributed by atoms with Crippen LogP contribution in [0.15, 0.2) is 63.2 Å². The molecule has 0 radical (unpaired) electrons. The Hall–Kier alpha value is -2.85. The third-order valence-electron chi connectivity index (χ3n) is 4.04. The molecule has 0 bridgehead atoms. The van der Waals surface area contributed by atoms with Gasteiger partial charge in [0.25, 0.3) is 15.7 Å². The molecule has 1 aromatic heterocycles. The Morgan fingerprint density at radius 1 is 1.11 bits per heavy atom. The number of ether oxygens (including phenoxy) is 1. The van der Waals surface area contributed by atoms with E-state index in [0.717, 1.165) is 15.8 Å². The van der Waals surface area contributed by atoms with Crippen LogP contribution in [0.5, 0.6) is 5.75 Å². The molecule has 8 nitrogen and oxygen atoms in total. The van der Waals surface area contributed by atoms with Gasteiger partial charge in [-0.3, -0.25) is 10.1 Å². The summed E-state index contributed by atoms with van der Waals surface area (Å²) >= 11 is 1.12. The molecular weight excluding hydrogens is 402 g/mol. The number of rotatable bonds is 6. The summed E-state index contributed by atoms with van der Waals surface area (Å²) in [7, 11) is -2.42. The van der Waals surface area contributed by atoms with E-state index in [1.165, 1.54) is 25.3 Å². The van der Waals surface area contributed by atoms with Gasteiger partial charge in [0.15, 0.2) is 0 Å². The highest BCUT2D eigenvalue weighted by atomic mass is 32.2. The minimum absolute atomic E-state index is 0.0444. The molecule has 0 aliphatic carbocycles. The lowest BCUT2D eigenvalue weighted by Gasteiger charge is -2.08. The number of para-hydroxylation sites is 1. The van der Waals surface area contributed by atoms with Gasteiger partial charge in [-0.05, 0) is 44.2 Å². The van der Waals surface area contributed by atoms with Gasteiger partial charge in [0.1, 0.15) is 5.75 Å². The number of nitrogens with zero attached hydrogens (tertiary/aromatic N) is 3. The Bertz CT molecular complexity index is 1140. The Morgan fingerprint density at radius 2 is 1.75 bits per heavy atom. The zero-order chi connectivity index (χ0) is 20.5. The van der Waals surface area contributed by atoms with Gasteiger partial charge in [-0.2, -0.15) is 17.6 Å². The molecule has 0 fully saturated rings. The van der Waals surface area contributed by atoms with Crippen LogP contribution in [0.4, 0.5) is 5.69 Å². The van der Waals surface area contributed by atoms with Crippen LogP contribution in [-0.4, -0.2) is 29.6 Å². The first kappa shape index (κ1) is 19.9. The summed E-state index contributed by atoms with van der Waals surface area (Å²) in [5, 5.41) is 15.4. The minimum atomic E-state index is -3.91. The van der Waals surface area contributed by atoms with Crippen molar-refractivity contribution in [3.05, 3.63) is 70.0 Å². The molecule has 0 N–H and O–H groups in total. The predicted molar refractivity (Wildman–Crippen MR) is 104 cm³/mol. The summed E-state index contributed by atoms with van der Waals surface area (Å²) in [6, 6.07) is 12.3. The maximum absolute atomic E-state index is 13.0. The van der Waals surface area contributed by atoms with Gasteiger partial charge < -0.3 is 4.74 Å². The van der Waals surface area contributed by atoms with E-state index in [1.54, 1.807) is 44.2 Å². The lowest BCUT2D eigenvalue weighted by atomic mass is 10.3. The number of nitro groups is 1. The van der Waals surface area contributed by atoms with Crippen LogP contribution in [0, 0.1) is 24.0 Å². The van der Waals surface area contributed by atoms with Crippen molar-refractivity contribution in [1.82, 2.24) is 9.19 Å². The molecule has 1 heterocycles. The number of benzene rings is 2. The normalized spacial score (nSPS) is 11.4. The number of nitro benzene ring substituents is 1. The van der Waals surface area contributed by atoms with Crippen molar-refractivity contribution in [3.8, 4) is 5.75 Å². The van der Waals surface area contributed by atoms with Crippen molar-refractivity contribution in [2.45, 2.75) is 28.5 Å². The third-order valence-corrected chi connectivity index (χ3v) is 7.08. The molecule has 0 saturated carbocycles. The van der Waals surface area contributed by atoms with Crippen LogP contribution >= 0.6 is 11.8 Å². The molecule has 3 rings (SSSR count). The zero-order valence-electron chi connectivity index (χ0n) is 15.3. The lowest BCUT2D eigenvalue weighted by molar-refractivity contribution is -0.387. The molecule has 0 amide bonds. The van der Waals surface area contributed by atoms with Crippen molar-refractivity contribution in [2.75, 3.05) is 7.11 Å². The highest BCUT2D eigenvalue weighted by Crippen LogP contribution is 2.38. The Morgan fingerprint density at radius 3 is 2.36 bits per heavy atom. The summed E-state index contributed by atoms with van der Waals surface area (Å²) in [5.74, 6) is 0.542. The molecule has 0 spiro atoms. The van der Waals surface area contributed by atoms with Crippen molar-refractivity contribution in [3.63, 3.8) is 0 Å². The van der Waals surface area contributed by atoms with Gasteiger partial charge in [0.2, 0.25) is 0 Å². The fourth-order valence-electron chi connectivity index (χ4n) is 2.64. The fraction of sp³-hybridized carbons (Fsp3) is 0.167. The standard InChI is InChI=1S/C18H17N3O5S2/c1-12-18(27-17-7-5-4-6-16(17)21(22)23)13(2)20(19-12)28(24,25)15-10-8-14(26-3)9-11-15/h4-11H,1-3H3. The SMILES string of the molecule is COc1ccc(S(=O)(=O)n2nc(C)c(Sc3ccccc3[N+](=O)[O-])c2C)cc1. The molecule has 146 valence electrons. The number of hydrogen-bond donors (Lipinski definition) is 0. The largest absolute Gasteiger partial charge is 0.497 e. The molecule has 0 aliphatic heterocycles. The van der Waals surface area contributed by atoms with Gasteiger partial charge in [-0.1, -0.05) is 23.9 Å². The maximum Gasteiger partial charge on any atom is 0.283 e. The van der Waals surface area contributed by atoms with E-state index < -0.39 is 14.9 Å². The van der Waals surface area contributed by atoms with Gasteiger partial charge >= 0.3 is 0 Å². The summed E-state index contributed by atoms with van der Waals surface area (Å²) in [4.78, 5) is 11.8. The van der Waals surface area contributed by atoms with E-state index in [0.29, 0.717) is 26.9 Å². The fourth-order valence-corrected chi connectivity index (χ4v) is 5.09. The average molecular weight is 419 g/mol. The molecule has 2 aromatic carbocycles. The summed E-state index contributed by atoms with van der Waals surface area (Å²) < 4.78 is 32.0. The van der Waals surface area contributed by atoms with E-state index in [9.17, 15) is 18.5 Å². The van der Waals surface area contributed by atoms with Crippen LogP contribution in [0.25, 0.3) is 0 Å². The molecule has 28 heavy (non-hydrogen) atoms. The van der Waals surface area contributed by atoms with E-state index in [-0.39, 0.29) is 10.6 Å². The van der Waals surface area contributed by atoms with Crippen molar-refractivity contribution >= 4 is 27.5 Å². The summed E-state index contributed by atoms with van der Waals surface area (Å²) in [6.07, 6.45) is 0. The van der Waals surface area contributed by atoms with E-state index in [1.807, 2.05) is 0 Å². The molecule has 0 unspecified atom stereocenters. The summed E-state index contributed by atoms with van der Waals surface area (Å²) in [5.41, 5.74) is 0.811. The Kier molecular flexibility index (Phi) is 5.43. The summed E-state index contributed by atoms with van der Waals surface area (Å²) in [6.45, 7) is 3.29. The first-order valence-corrected chi connectivity index (χ1v) is 10.4. The Labute approximate surface area is 166 Å².